The van der Waals surface area contributed by atoms with E-state index < -0.39 is 0 Å². The molecule has 2 aromatic rings. The van der Waals surface area contributed by atoms with Gasteiger partial charge >= 0.3 is 0 Å². The molecule has 1 amide bonds. The largest absolute Gasteiger partial charge is 0.331 e. The van der Waals surface area contributed by atoms with E-state index in [1.807, 2.05) is 0 Å². The average Bonchev–Trinajstić information content (AvgIpc) is 2.71. The van der Waals surface area contributed by atoms with E-state index in [9.17, 15) is 4.79 Å². The third-order valence-electron chi connectivity index (χ3n) is 1.69. The number of H-pyrrole nitrogens is 1. The van der Waals surface area contributed by atoms with Crippen molar-refractivity contribution in [2.24, 2.45) is 0 Å². The number of nitrogens with zero attached hydrogens (tertiary/aromatic N) is 2. The van der Waals surface area contributed by atoms with E-state index in [1.165, 1.54) is 0 Å². The summed E-state index contributed by atoms with van der Waals surface area (Å²) in [5.74, 6) is 0.113. The van der Waals surface area contributed by atoms with E-state index in [-0.39, 0.29) is 5.91 Å². The molecule has 2 aromatic heterocycles. The molecule has 0 aliphatic carbocycles. The Morgan fingerprint density at radius 2 is 2.27 bits per heavy atom. The van der Waals surface area contributed by atoms with Gasteiger partial charge in [-0.25, -0.2) is 9.97 Å². The van der Waals surface area contributed by atoms with Crippen LogP contribution in [0, 0.1) is 0 Å². The van der Waals surface area contributed by atoms with Crippen LogP contribution in [0.25, 0.3) is 0 Å². The molecule has 2 heterocycles. The molecule has 0 spiro atoms. The van der Waals surface area contributed by atoms with Gasteiger partial charge in [-0.1, -0.05) is 0 Å². The van der Waals surface area contributed by atoms with Crippen molar-refractivity contribution < 1.29 is 4.79 Å². The molecule has 0 saturated heterocycles. The topological polar surface area (TPSA) is 70.7 Å². The van der Waals surface area contributed by atoms with E-state index >= 15 is 0 Å². The monoisotopic (exact) mass is 266 g/mol. The number of halogens is 1. The highest BCUT2D eigenvalue weighted by Crippen LogP contribution is 2.08. The number of carbonyl (C=O) groups excluding carboxylic acids is 1. The van der Waals surface area contributed by atoms with Crippen LogP contribution >= 0.6 is 15.9 Å². The van der Waals surface area contributed by atoms with Gasteiger partial charge in [0.15, 0.2) is 0 Å². The predicted molar refractivity (Wildman–Crippen MR) is 58.5 cm³/mol. The van der Waals surface area contributed by atoms with Gasteiger partial charge in [0.1, 0.15) is 5.69 Å². The molecule has 0 bridgehead atoms. The van der Waals surface area contributed by atoms with Gasteiger partial charge in [-0.05, 0) is 28.1 Å². The molecule has 0 fully saturated rings. The van der Waals surface area contributed by atoms with Crippen molar-refractivity contribution in [1.82, 2.24) is 15.0 Å². The standard InChI is InChI=1S/C9H7BrN4O/c10-6-1-2-7(13-5-6)8(15)14-9-11-3-4-12-9/h1-5H,(H2,11,12,14,15). The van der Waals surface area contributed by atoms with Crippen molar-refractivity contribution in [3.63, 3.8) is 0 Å². The highest BCUT2D eigenvalue weighted by Gasteiger charge is 2.07. The normalized spacial score (nSPS) is 9.93. The van der Waals surface area contributed by atoms with Crippen molar-refractivity contribution in [3.05, 3.63) is 40.9 Å². The molecular formula is C9H7BrN4O. The summed E-state index contributed by atoms with van der Waals surface area (Å²) in [6, 6.07) is 3.38. The molecule has 0 atom stereocenters. The first kappa shape index (κ1) is 9.85. The summed E-state index contributed by atoms with van der Waals surface area (Å²) < 4.78 is 0.831. The van der Waals surface area contributed by atoms with E-state index in [1.54, 1.807) is 30.7 Å². The van der Waals surface area contributed by atoms with E-state index in [2.05, 4.69) is 36.2 Å². The minimum absolute atomic E-state index is 0.294. The molecule has 2 N–H and O–H groups in total. The van der Waals surface area contributed by atoms with E-state index in [0.29, 0.717) is 11.6 Å². The number of rotatable bonds is 2. The summed E-state index contributed by atoms with van der Waals surface area (Å²) in [7, 11) is 0. The molecule has 0 saturated carbocycles. The maximum absolute atomic E-state index is 11.6. The number of pyridine rings is 1. The fourth-order valence-electron chi connectivity index (χ4n) is 1.02. The van der Waals surface area contributed by atoms with Gasteiger partial charge in [0.25, 0.3) is 5.91 Å². The molecule has 15 heavy (non-hydrogen) atoms. The second-order valence-corrected chi connectivity index (χ2v) is 3.67. The quantitative estimate of drug-likeness (QED) is 0.871. The average molecular weight is 267 g/mol. The highest BCUT2D eigenvalue weighted by molar-refractivity contribution is 9.10. The Hall–Kier alpha value is -1.69. The number of hydrogen-bond donors (Lipinski definition) is 2. The van der Waals surface area contributed by atoms with Crippen LogP contribution in [0.2, 0.25) is 0 Å². The maximum atomic E-state index is 11.6. The van der Waals surface area contributed by atoms with Gasteiger partial charge in [0.05, 0.1) is 0 Å². The second-order valence-electron chi connectivity index (χ2n) is 2.75. The van der Waals surface area contributed by atoms with Crippen LogP contribution < -0.4 is 5.32 Å². The Bertz CT molecular complexity index is 451. The zero-order valence-corrected chi connectivity index (χ0v) is 9.15. The van der Waals surface area contributed by atoms with Gasteiger partial charge in [-0.3, -0.25) is 10.1 Å². The summed E-state index contributed by atoms with van der Waals surface area (Å²) in [6.45, 7) is 0. The van der Waals surface area contributed by atoms with Crippen molar-refractivity contribution in [3.8, 4) is 0 Å². The highest BCUT2D eigenvalue weighted by atomic mass is 79.9. The Balaban J connectivity index is 2.11. The molecule has 0 unspecified atom stereocenters. The Labute approximate surface area is 94.1 Å². The number of anilines is 1. The maximum Gasteiger partial charge on any atom is 0.276 e. The Kier molecular flexibility index (Phi) is 2.77. The van der Waals surface area contributed by atoms with Gasteiger partial charge in [0.2, 0.25) is 5.95 Å². The van der Waals surface area contributed by atoms with Crippen LogP contribution in [0.5, 0.6) is 0 Å². The van der Waals surface area contributed by atoms with Gasteiger partial charge in [-0.2, -0.15) is 0 Å². The number of carbonyl (C=O) groups is 1. The number of amides is 1. The molecule has 0 aromatic carbocycles. The van der Waals surface area contributed by atoms with Crippen molar-refractivity contribution in [2.45, 2.75) is 0 Å². The zero-order chi connectivity index (χ0) is 10.7. The molecule has 76 valence electrons. The number of nitrogens with one attached hydrogen (secondary N) is 2. The van der Waals surface area contributed by atoms with Crippen molar-refractivity contribution >= 4 is 27.8 Å². The summed E-state index contributed by atoms with van der Waals surface area (Å²) >= 11 is 3.24. The lowest BCUT2D eigenvalue weighted by Crippen LogP contribution is -2.14. The lowest BCUT2D eigenvalue weighted by atomic mass is 10.3. The fraction of sp³-hybridized carbons (Fsp3) is 0. The van der Waals surface area contributed by atoms with Crippen molar-refractivity contribution in [1.29, 1.82) is 0 Å². The van der Waals surface area contributed by atoms with Crippen LogP contribution in [-0.4, -0.2) is 20.9 Å². The van der Waals surface area contributed by atoms with Crippen LogP contribution in [-0.2, 0) is 0 Å². The van der Waals surface area contributed by atoms with E-state index in [4.69, 9.17) is 0 Å². The SMILES string of the molecule is O=C(Nc1ncc[nH]1)c1ccc(Br)cn1. The first-order valence-electron chi connectivity index (χ1n) is 4.18. The van der Waals surface area contributed by atoms with E-state index in [0.717, 1.165) is 4.47 Å². The Morgan fingerprint density at radius 3 is 2.87 bits per heavy atom. The molecule has 0 aliphatic heterocycles. The minimum Gasteiger partial charge on any atom is -0.331 e. The molecule has 2 rings (SSSR count). The smallest absolute Gasteiger partial charge is 0.276 e. The summed E-state index contributed by atoms with van der Waals surface area (Å²) in [5, 5.41) is 2.57. The molecule has 0 radical (unpaired) electrons. The van der Waals surface area contributed by atoms with Gasteiger partial charge < -0.3 is 4.98 Å². The van der Waals surface area contributed by atoms with Crippen LogP contribution in [0.15, 0.2) is 35.2 Å². The number of aromatic amines is 1. The third-order valence-corrected chi connectivity index (χ3v) is 2.16. The van der Waals surface area contributed by atoms with Crippen molar-refractivity contribution in [2.75, 3.05) is 5.32 Å². The summed E-state index contributed by atoms with van der Waals surface area (Å²) in [6.07, 6.45) is 4.76. The summed E-state index contributed by atoms with van der Waals surface area (Å²) in [5.41, 5.74) is 0.342. The summed E-state index contributed by atoms with van der Waals surface area (Å²) in [4.78, 5) is 22.2. The second kappa shape index (κ2) is 4.22. The zero-order valence-electron chi connectivity index (χ0n) is 7.57. The lowest BCUT2D eigenvalue weighted by Gasteiger charge is -2.00. The molecule has 6 heteroatoms. The van der Waals surface area contributed by atoms with Crippen LogP contribution in [0.3, 0.4) is 0 Å². The van der Waals surface area contributed by atoms with Crippen LogP contribution in [0.4, 0.5) is 5.95 Å². The number of aromatic nitrogens is 3. The third kappa shape index (κ3) is 2.41. The predicted octanol–water partition coefficient (Wildman–Crippen LogP) is 1.82. The first-order valence-corrected chi connectivity index (χ1v) is 4.97. The fourth-order valence-corrected chi connectivity index (χ4v) is 1.25. The minimum atomic E-state index is -0.294. The van der Waals surface area contributed by atoms with Gasteiger partial charge in [0, 0.05) is 23.1 Å². The molecule has 5 nitrogen and oxygen atoms in total. The molecule has 0 aliphatic rings. The van der Waals surface area contributed by atoms with Gasteiger partial charge in [-0.15, -0.1) is 0 Å². The lowest BCUT2D eigenvalue weighted by molar-refractivity contribution is 0.102. The van der Waals surface area contributed by atoms with Crippen LogP contribution in [0.1, 0.15) is 10.5 Å². The Morgan fingerprint density at radius 1 is 1.40 bits per heavy atom. The molecular weight excluding hydrogens is 260 g/mol. The number of hydrogen-bond acceptors (Lipinski definition) is 3. The first-order chi connectivity index (χ1) is 7.25. The number of imidazole rings is 1.